The fourth-order valence-electron chi connectivity index (χ4n) is 2.79. The minimum atomic E-state index is 0.118. The monoisotopic (exact) mass is 336 g/mol. The molecular formula is C19H29ClN2O. The third-order valence-electron chi connectivity index (χ3n) is 4.29. The van der Waals surface area contributed by atoms with Gasteiger partial charge in [-0.05, 0) is 69.5 Å². The molecule has 1 saturated heterocycles. The molecule has 0 bridgehead atoms. The van der Waals surface area contributed by atoms with E-state index in [0.29, 0.717) is 5.02 Å². The average Bonchev–Trinajstić information content (AvgIpc) is 2.50. The predicted molar refractivity (Wildman–Crippen MR) is 99.1 cm³/mol. The molecule has 1 aliphatic heterocycles. The molecule has 128 valence electrons. The Bertz CT molecular complexity index is 522. The highest BCUT2D eigenvalue weighted by Gasteiger charge is 2.15. The van der Waals surface area contributed by atoms with Crippen molar-refractivity contribution in [3.05, 3.63) is 35.4 Å². The third-order valence-corrected chi connectivity index (χ3v) is 4.58. The summed E-state index contributed by atoms with van der Waals surface area (Å²) >= 11 is 6.28. The molecule has 0 saturated carbocycles. The van der Waals surface area contributed by atoms with Gasteiger partial charge in [-0.3, -0.25) is 0 Å². The van der Waals surface area contributed by atoms with Gasteiger partial charge >= 0.3 is 0 Å². The lowest BCUT2D eigenvalue weighted by Gasteiger charge is -2.30. The van der Waals surface area contributed by atoms with Crippen molar-refractivity contribution in [2.24, 2.45) is 5.92 Å². The second kappa shape index (κ2) is 8.60. The van der Waals surface area contributed by atoms with Crippen LogP contribution in [0.4, 0.5) is 0 Å². The number of nitrogens with one attached hydrogen (secondary N) is 1. The van der Waals surface area contributed by atoms with E-state index in [4.69, 9.17) is 16.3 Å². The van der Waals surface area contributed by atoms with E-state index in [1.807, 2.05) is 32.0 Å². The number of nitrogens with zero attached hydrogens (tertiary/aromatic N) is 1. The Balaban J connectivity index is 1.80. The summed E-state index contributed by atoms with van der Waals surface area (Å²) in [7, 11) is 0. The minimum Gasteiger partial charge on any atom is -0.489 e. The van der Waals surface area contributed by atoms with Crippen molar-refractivity contribution in [2.75, 3.05) is 26.2 Å². The van der Waals surface area contributed by atoms with Gasteiger partial charge in [0.15, 0.2) is 0 Å². The van der Waals surface area contributed by atoms with E-state index in [9.17, 15) is 0 Å². The summed E-state index contributed by atoms with van der Waals surface area (Å²) in [4.78, 5) is 2.52. The summed E-state index contributed by atoms with van der Waals surface area (Å²) in [5.74, 6) is 1.60. The Kier molecular flexibility index (Phi) is 6.79. The number of hydrogen-bond acceptors (Lipinski definition) is 3. The van der Waals surface area contributed by atoms with Crippen LogP contribution in [0.3, 0.4) is 0 Å². The molecule has 3 nitrogen and oxygen atoms in total. The van der Waals surface area contributed by atoms with E-state index in [1.165, 1.54) is 25.9 Å². The van der Waals surface area contributed by atoms with Gasteiger partial charge in [0.1, 0.15) is 5.75 Å². The molecule has 1 aromatic rings. The second-order valence-corrected chi connectivity index (χ2v) is 7.15. The summed E-state index contributed by atoms with van der Waals surface area (Å²) in [6.45, 7) is 14.8. The zero-order valence-electron chi connectivity index (χ0n) is 14.6. The van der Waals surface area contributed by atoms with Gasteiger partial charge in [-0.15, -0.1) is 0 Å². The molecule has 0 radical (unpaired) electrons. The molecule has 23 heavy (non-hydrogen) atoms. The van der Waals surface area contributed by atoms with Crippen molar-refractivity contribution in [2.45, 2.75) is 39.7 Å². The molecule has 4 heteroatoms. The highest BCUT2D eigenvalue weighted by atomic mass is 35.5. The summed E-state index contributed by atoms with van der Waals surface area (Å²) in [5.41, 5.74) is 1.92. The maximum absolute atomic E-state index is 6.28. The van der Waals surface area contributed by atoms with Gasteiger partial charge in [-0.2, -0.15) is 0 Å². The van der Waals surface area contributed by atoms with E-state index in [1.54, 1.807) is 0 Å². The Morgan fingerprint density at radius 1 is 1.39 bits per heavy atom. The number of hydrogen-bond donors (Lipinski definition) is 1. The molecule has 0 amide bonds. The Hall–Kier alpha value is -1.19. The molecule has 0 spiro atoms. The quantitative estimate of drug-likeness (QED) is 0.797. The maximum Gasteiger partial charge on any atom is 0.138 e. The van der Waals surface area contributed by atoms with Gasteiger partial charge in [0, 0.05) is 18.8 Å². The van der Waals surface area contributed by atoms with Gasteiger partial charge < -0.3 is 15.0 Å². The third kappa shape index (κ3) is 5.74. The largest absolute Gasteiger partial charge is 0.489 e. The summed E-state index contributed by atoms with van der Waals surface area (Å²) in [6, 6.07) is 5.83. The van der Waals surface area contributed by atoms with Gasteiger partial charge in [-0.1, -0.05) is 25.1 Å². The number of ether oxygens (including phenoxy) is 1. The fourth-order valence-corrected chi connectivity index (χ4v) is 3.02. The summed E-state index contributed by atoms with van der Waals surface area (Å²) < 4.78 is 5.66. The normalized spacial score (nSPS) is 16.6. The maximum atomic E-state index is 6.28. The van der Waals surface area contributed by atoms with Crippen molar-refractivity contribution in [1.82, 2.24) is 10.2 Å². The number of likely N-dealkylation sites (tertiary alicyclic amines) is 1. The van der Waals surface area contributed by atoms with E-state index in [0.717, 1.165) is 36.0 Å². The summed E-state index contributed by atoms with van der Waals surface area (Å²) in [6.07, 6.45) is 2.74. The lowest BCUT2D eigenvalue weighted by Crippen LogP contribution is -2.37. The van der Waals surface area contributed by atoms with Crippen LogP contribution in [0, 0.1) is 5.92 Å². The molecule has 0 aliphatic carbocycles. The van der Waals surface area contributed by atoms with Crippen LogP contribution in [-0.2, 0) is 0 Å². The molecule has 1 N–H and O–H groups in total. The van der Waals surface area contributed by atoms with Gasteiger partial charge in [0.25, 0.3) is 0 Å². The Morgan fingerprint density at radius 3 is 2.70 bits per heavy atom. The first-order valence-corrected chi connectivity index (χ1v) is 8.95. The van der Waals surface area contributed by atoms with E-state index in [2.05, 4.69) is 23.7 Å². The summed E-state index contributed by atoms with van der Waals surface area (Å²) in [5, 5.41) is 4.04. The van der Waals surface area contributed by atoms with Crippen LogP contribution < -0.4 is 10.1 Å². The first-order chi connectivity index (χ1) is 11.0. The fraction of sp³-hybridized carbons (Fsp3) is 0.579. The Morgan fingerprint density at radius 2 is 2.09 bits per heavy atom. The molecule has 2 rings (SSSR count). The number of rotatable bonds is 7. The van der Waals surface area contributed by atoms with Crippen molar-refractivity contribution < 1.29 is 4.74 Å². The number of piperidine rings is 1. The lowest BCUT2D eigenvalue weighted by atomic mass is 9.99. The smallest absolute Gasteiger partial charge is 0.138 e. The van der Waals surface area contributed by atoms with Crippen molar-refractivity contribution in [1.29, 1.82) is 0 Å². The van der Waals surface area contributed by atoms with Crippen LogP contribution in [0.15, 0.2) is 24.8 Å². The molecule has 1 heterocycles. The van der Waals surface area contributed by atoms with Crippen LogP contribution in [0.25, 0.3) is 5.70 Å². The van der Waals surface area contributed by atoms with E-state index in [-0.39, 0.29) is 6.10 Å². The molecule has 1 aliphatic rings. The van der Waals surface area contributed by atoms with Crippen LogP contribution in [0.1, 0.15) is 39.2 Å². The zero-order chi connectivity index (χ0) is 16.8. The van der Waals surface area contributed by atoms with Crippen LogP contribution in [0.2, 0.25) is 5.02 Å². The van der Waals surface area contributed by atoms with E-state index >= 15 is 0 Å². The van der Waals surface area contributed by atoms with Gasteiger partial charge in [0.05, 0.1) is 11.1 Å². The van der Waals surface area contributed by atoms with Gasteiger partial charge in [0.2, 0.25) is 0 Å². The average molecular weight is 337 g/mol. The molecule has 1 fully saturated rings. The van der Waals surface area contributed by atoms with Crippen LogP contribution in [-0.4, -0.2) is 37.2 Å². The SMILES string of the molecule is C=C(NCCN1CCC(C)CC1)c1ccc(OC(C)C)c(Cl)c1. The Labute approximate surface area is 145 Å². The van der Waals surface area contributed by atoms with Crippen molar-refractivity contribution >= 4 is 17.3 Å². The lowest BCUT2D eigenvalue weighted by molar-refractivity contribution is 0.195. The second-order valence-electron chi connectivity index (χ2n) is 6.74. The standard InChI is InChI=1S/C19H29ClN2O/c1-14(2)23-19-6-5-17(13-18(19)20)16(4)21-9-12-22-10-7-15(3)8-11-22/h5-6,13-15,21H,4,7-12H2,1-3H3. The molecule has 0 atom stereocenters. The van der Waals surface area contributed by atoms with Gasteiger partial charge in [-0.25, -0.2) is 0 Å². The number of benzene rings is 1. The molecule has 0 unspecified atom stereocenters. The van der Waals surface area contributed by atoms with Crippen molar-refractivity contribution in [3.8, 4) is 5.75 Å². The predicted octanol–water partition coefficient (Wildman–Crippen LogP) is 4.42. The van der Waals surface area contributed by atoms with E-state index < -0.39 is 0 Å². The van der Waals surface area contributed by atoms with Crippen LogP contribution in [0.5, 0.6) is 5.75 Å². The van der Waals surface area contributed by atoms with Crippen molar-refractivity contribution in [3.63, 3.8) is 0 Å². The molecule has 0 aromatic heterocycles. The van der Waals surface area contributed by atoms with Crippen LogP contribution >= 0.6 is 11.6 Å². The molecular weight excluding hydrogens is 308 g/mol. The first kappa shape index (κ1) is 18.2. The number of halogens is 1. The molecule has 1 aromatic carbocycles. The zero-order valence-corrected chi connectivity index (χ0v) is 15.3. The topological polar surface area (TPSA) is 24.5 Å². The minimum absolute atomic E-state index is 0.118. The first-order valence-electron chi connectivity index (χ1n) is 8.57. The highest BCUT2D eigenvalue weighted by molar-refractivity contribution is 6.32. The highest BCUT2D eigenvalue weighted by Crippen LogP contribution is 2.28.